The number of nitrogens with zero attached hydrogens (tertiary/aromatic N) is 3. The van der Waals surface area contributed by atoms with Gasteiger partial charge in [-0.15, -0.1) is 0 Å². The van der Waals surface area contributed by atoms with Gasteiger partial charge in [-0.3, -0.25) is 9.78 Å². The van der Waals surface area contributed by atoms with Crippen LogP contribution in [0.1, 0.15) is 5.69 Å². The molecule has 9 heteroatoms. The van der Waals surface area contributed by atoms with Gasteiger partial charge >= 0.3 is 0 Å². The summed E-state index contributed by atoms with van der Waals surface area (Å²) in [4.78, 5) is 26.5. The summed E-state index contributed by atoms with van der Waals surface area (Å²) in [5.74, 6) is 0.0193. The van der Waals surface area contributed by atoms with Gasteiger partial charge in [0.15, 0.2) is 11.2 Å². The number of halogens is 2. The third-order valence-corrected chi connectivity index (χ3v) is 3.85. The van der Waals surface area contributed by atoms with Crippen molar-refractivity contribution in [3.8, 4) is 0 Å². The van der Waals surface area contributed by atoms with Crippen molar-refractivity contribution in [1.82, 2.24) is 19.9 Å². The Morgan fingerprint density at radius 1 is 1.22 bits per heavy atom. The van der Waals surface area contributed by atoms with E-state index in [0.717, 1.165) is 5.69 Å². The number of nitrogens with two attached hydrogens (primary N) is 1. The number of nitrogens with one attached hydrogen (secondary N) is 2. The molecule has 0 fully saturated rings. The second-order valence-corrected chi connectivity index (χ2v) is 5.60. The standard InChI is InChI=1S/C14H12Cl2N6O/c15-9-2-1-7(5-10(9)16)18-4-3-8-6-19-12-11(20-8)13(23)22-14(17)21-12/h1-2,5-6,18H,3-4H2,(H3,17,19,21,22,23). The van der Waals surface area contributed by atoms with Crippen molar-refractivity contribution in [2.75, 3.05) is 17.6 Å². The highest BCUT2D eigenvalue weighted by Gasteiger charge is 2.06. The van der Waals surface area contributed by atoms with E-state index < -0.39 is 5.56 Å². The smallest absolute Gasteiger partial charge is 0.280 e. The number of fused-ring (bicyclic) bond motifs is 1. The topological polar surface area (TPSA) is 110 Å². The molecule has 0 atom stereocenters. The van der Waals surface area contributed by atoms with E-state index in [-0.39, 0.29) is 17.1 Å². The molecule has 0 saturated carbocycles. The molecule has 1 aromatic carbocycles. The van der Waals surface area contributed by atoms with Crippen LogP contribution in [0.2, 0.25) is 10.0 Å². The van der Waals surface area contributed by atoms with Crippen LogP contribution in [0.25, 0.3) is 11.2 Å². The lowest BCUT2D eigenvalue weighted by atomic mass is 10.3. The summed E-state index contributed by atoms with van der Waals surface area (Å²) < 4.78 is 0. The van der Waals surface area contributed by atoms with Gasteiger partial charge < -0.3 is 11.1 Å². The van der Waals surface area contributed by atoms with E-state index in [1.54, 1.807) is 18.3 Å². The van der Waals surface area contributed by atoms with Crippen LogP contribution < -0.4 is 16.6 Å². The highest BCUT2D eigenvalue weighted by atomic mass is 35.5. The van der Waals surface area contributed by atoms with E-state index >= 15 is 0 Å². The first-order chi connectivity index (χ1) is 11.0. The van der Waals surface area contributed by atoms with E-state index in [1.807, 2.05) is 6.07 Å². The summed E-state index contributed by atoms with van der Waals surface area (Å²) in [5, 5.41) is 4.19. The molecule has 0 unspecified atom stereocenters. The van der Waals surface area contributed by atoms with Crippen LogP contribution in [0.15, 0.2) is 29.2 Å². The van der Waals surface area contributed by atoms with Crippen molar-refractivity contribution in [1.29, 1.82) is 0 Å². The van der Waals surface area contributed by atoms with Gasteiger partial charge in [0.2, 0.25) is 5.95 Å². The molecule has 0 saturated heterocycles. The largest absolute Gasteiger partial charge is 0.385 e. The van der Waals surface area contributed by atoms with Gasteiger partial charge in [0.05, 0.1) is 21.9 Å². The molecule has 118 valence electrons. The Kier molecular flexibility index (Phi) is 4.31. The Hall–Kier alpha value is -2.38. The number of benzene rings is 1. The monoisotopic (exact) mass is 350 g/mol. The molecule has 0 amide bonds. The second-order valence-electron chi connectivity index (χ2n) is 4.79. The summed E-state index contributed by atoms with van der Waals surface area (Å²) in [6.07, 6.45) is 2.15. The molecule has 4 N–H and O–H groups in total. The molecule has 0 aliphatic rings. The van der Waals surface area contributed by atoms with Crippen molar-refractivity contribution in [3.05, 3.63) is 50.5 Å². The number of hydrogen-bond acceptors (Lipinski definition) is 6. The lowest BCUT2D eigenvalue weighted by molar-refractivity contribution is 0.950. The fourth-order valence-corrected chi connectivity index (χ4v) is 2.33. The maximum atomic E-state index is 11.8. The molecular weight excluding hydrogens is 339 g/mol. The van der Waals surface area contributed by atoms with Crippen LogP contribution in [-0.2, 0) is 6.42 Å². The molecule has 7 nitrogen and oxygen atoms in total. The van der Waals surface area contributed by atoms with Crippen LogP contribution in [-0.4, -0.2) is 26.5 Å². The third-order valence-electron chi connectivity index (χ3n) is 3.12. The van der Waals surface area contributed by atoms with Crippen LogP contribution in [0.4, 0.5) is 11.6 Å². The van der Waals surface area contributed by atoms with Gasteiger partial charge in [0, 0.05) is 18.7 Å². The molecule has 23 heavy (non-hydrogen) atoms. The number of anilines is 2. The molecule has 0 aliphatic carbocycles. The Balaban J connectivity index is 1.72. The van der Waals surface area contributed by atoms with E-state index in [1.165, 1.54) is 0 Å². The number of aromatic nitrogens is 4. The summed E-state index contributed by atoms with van der Waals surface area (Å²) in [7, 11) is 0. The number of rotatable bonds is 4. The maximum absolute atomic E-state index is 11.8. The van der Waals surface area contributed by atoms with E-state index in [2.05, 4.69) is 25.3 Å². The maximum Gasteiger partial charge on any atom is 0.280 e. The molecule has 0 aliphatic heterocycles. The Morgan fingerprint density at radius 3 is 2.83 bits per heavy atom. The van der Waals surface area contributed by atoms with Gasteiger partial charge in [0.1, 0.15) is 0 Å². The summed E-state index contributed by atoms with van der Waals surface area (Å²) in [5.41, 5.74) is 6.98. The van der Waals surface area contributed by atoms with Crippen molar-refractivity contribution in [3.63, 3.8) is 0 Å². The molecule has 0 radical (unpaired) electrons. The van der Waals surface area contributed by atoms with Crippen molar-refractivity contribution >= 4 is 46.0 Å². The number of aromatic amines is 1. The minimum atomic E-state index is -0.403. The van der Waals surface area contributed by atoms with Gasteiger partial charge in [0.25, 0.3) is 5.56 Å². The van der Waals surface area contributed by atoms with Crippen LogP contribution in [0.5, 0.6) is 0 Å². The van der Waals surface area contributed by atoms with E-state index in [4.69, 9.17) is 28.9 Å². The lowest BCUT2D eigenvalue weighted by Gasteiger charge is -2.07. The zero-order valence-electron chi connectivity index (χ0n) is 11.8. The van der Waals surface area contributed by atoms with Crippen molar-refractivity contribution < 1.29 is 0 Å². The SMILES string of the molecule is Nc1nc2ncc(CCNc3ccc(Cl)c(Cl)c3)nc2c(=O)[nH]1. The average molecular weight is 351 g/mol. The molecule has 3 aromatic rings. The molecule has 0 spiro atoms. The van der Waals surface area contributed by atoms with Gasteiger partial charge in [-0.2, -0.15) is 4.98 Å². The van der Waals surface area contributed by atoms with Gasteiger partial charge in [-0.1, -0.05) is 23.2 Å². The Labute approximate surface area is 140 Å². The minimum absolute atomic E-state index is 0.0193. The average Bonchev–Trinajstić information content (AvgIpc) is 2.51. The van der Waals surface area contributed by atoms with E-state index in [0.29, 0.717) is 28.7 Å². The highest BCUT2D eigenvalue weighted by Crippen LogP contribution is 2.24. The van der Waals surface area contributed by atoms with Crippen molar-refractivity contribution in [2.24, 2.45) is 0 Å². The Morgan fingerprint density at radius 2 is 2.04 bits per heavy atom. The first-order valence-electron chi connectivity index (χ1n) is 6.73. The second kappa shape index (κ2) is 6.39. The molecule has 2 heterocycles. The summed E-state index contributed by atoms with van der Waals surface area (Å²) in [6.45, 7) is 0.596. The summed E-state index contributed by atoms with van der Waals surface area (Å²) >= 11 is 11.8. The predicted molar refractivity (Wildman–Crippen MR) is 91.0 cm³/mol. The number of H-pyrrole nitrogens is 1. The first-order valence-corrected chi connectivity index (χ1v) is 7.49. The Bertz CT molecular complexity index is 927. The number of hydrogen-bond donors (Lipinski definition) is 3. The summed E-state index contributed by atoms with van der Waals surface area (Å²) in [6, 6.07) is 5.29. The van der Waals surface area contributed by atoms with E-state index in [9.17, 15) is 4.79 Å². The zero-order valence-corrected chi connectivity index (χ0v) is 13.3. The highest BCUT2D eigenvalue weighted by molar-refractivity contribution is 6.42. The van der Waals surface area contributed by atoms with Crippen LogP contribution in [0, 0.1) is 0 Å². The number of nitrogen functional groups attached to an aromatic ring is 1. The fraction of sp³-hybridized carbons (Fsp3) is 0.143. The molecule has 2 aromatic heterocycles. The van der Waals surface area contributed by atoms with Crippen molar-refractivity contribution in [2.45, 2.75) is 6.42 Å². The molecular formula is C14H12Cl2N6O. The molecule has 3 rings (SSSR count). The van der Waals surface area contributed by atoms with Gasteiger partial charge in [-0.05, 0) is 18.2 Å². The van der Waals surface area contributed by atoms with Crippen LogP contribution >= 0.6 is 23.2 Å². The predicted octanol–water partition coefficient (Wildman–Crippen LogP) is 2.26. The minimum Gasteiger partial charge on any atom is -0.385 e. The zero-order chi connectivity index (χ0) is 16.4. The lowest BCUT2D eigenvalue weighted by Crippen LogP contribution is -2.15. The van der Waals surface area contributed by atoms with Gasteiger partial charge in [-0.25, -0.2) is 9.97 Å². The normalized spacial score (nSPS) is 10.9. The quantitative estimate of drug-likeness (QED) is 0.665. The third kappa shape index (κ3) is 3.52. The first kappa shape index (κ1) is 15.5. The molecule has 0 bridgehead atoms. The van der Waals surface area contributed by atoms with Crippen LogP contribution in [0.3, 0.4) is 0 Å². The fourth-order valence-electron chi connectivity index (χ4n) is 2.03.